The molecule has 2 N–H and O–H groups in total. The van der Waals surface area contributed by atoms with Crippen molar-refractivity contribution in [2.24, 2.45) is 5.92 Å². The highest BCUT2D eigenvalue weighted by Crippen LogP contribution is 2.26. The zero-order valence-corrected chi connectivity index (χ0v) is 12.3. The van der Waals surface area contributed by atoms with Crippen molar-refractivity contribution in [3.63, 3.8) is 0 Å². The fourth-order valence-electron chi connectivity index (χ4n) is 2.30. The molecule has 0 fully saturated rings. The zero-order valence-electron chi connectivity index (χ0n) is 12.3. The SMILES string of the molecule is CCCC(CNc1nccc2ccc(OC)cc12)C(=O)O. The average Bonchev–Trinajstić information content (AvgIpc) is 2.50. The number of aliphatic carboxylic acids is 1. The predicted octanol–water partition coefficient (Wildman–Crippen LogP) is 3.16. The summed E-state index contributed by atoms with van der Waals surface area (Å²) < 4.78 is 5.23. The van der Waals surface area contributed by atoms with Crippen molar-refractivity contribution >= 4 is 22.6 Å². The van der Waals surface area contributed by atoms with E-state index in [1.165, 1.54) is 0 Å². The molecule has 0 spiro atoms. The zero-order chi connectivity index (χ0) is 15.2. The molecule has 1 unspecified atom stereocenters. The normalized spacial score (nSPS) is 12.1. The minimum absolute atomic E-state index is 0.368. The molecule has 1 atom stereocenters. The molecule has 0 saturated carbocycles. The first-order chi connectivity index (χ1) is 10.2. The number of ether oxygens (including phenoxy) is 1. The lowest BCUT2D eigenvalue weighted by molar-refractivity contribution is -0.141. The van der Waals surface area contributed by atoms with Gasteiger partial charge in [0.05, 0.1) is 13.0 Å². The molecule has 0 aliphatic heterocycles. The Morgan fingerprint density at radius 1 is 1.43 bits per heavy atom. The van der Waals surface area contributed by atoms with Gasteiger partial charge in [0.1, 0.15) is 11.6 Å². The number of pyridine rings is 1. The van der Waals surface area contributed by atoms with Crippen molar-refractivity contribution in [1.29, 1.82) is 0 Å². The average molecular weight is 288 g/mol. The van der Waals surface area contributed by atoms with Gasteiger partial charge in [0, 0.05) is 18.1 Å². The van der Waals surface area contributed by atoms with Crippen LogP contribution in [0.2, 0.25) is 0 Å². The van der Waals surface area contributed by atoms with E-state index in [1.807, 2.05) is 31.2 Å². The number of nitrogens with zero attached hydrogens (tertiary/aromatic N) is 1. The van der Waals surface area contributed by atoms with E-state index in [-0.39, 0.29) is 0 Å². The Kier molecular flexibility index (Phi) is 4.98. The van der Waals surface area contributed by atoms with E-state index in [2.05, 4.69) is 10.3 Å². The number of hydrogen-bond acceptors (Lipinski definition) is 4. The first kappa shape index (κ1) is 15.1. The Morgan fingerprint density at radius 3 is 2.90 bits per heavy atom. The Labute approximate surface area is 124 Å². The quantitative estimate of drug-likeness (QED) is 0.819. The number of carboxylic acid groups (broad SMARTS) is 1. The molecule has 0 amide bonds. The lowest BCUT2D eigenvalue weighted by Gasteiger charge is -2.14. The molecule has 1 aromatic heterocycles. The summed E-state index contributed by atoms with van der Waals surface area (Å²) in [5, 5.41) is 14.3. The molecule has 21 heavy (non-hydrogen) atoms. The molecule has 0 bridgehead atoms. The molecule has 1 aromatic carbocycles. The van der Waals surface area contributed by atoms with Gasteiger partial charge >= 0.3 is 5.97 Å². The third kappa shape index (κ3) is 3.62. The summed E-state index contributed by atoms with van der Waals surface area (Å²) in [6.45, 7) is 2.35. The van der Waals surface area contributed by atoms with E-state index in [0.29, 0.717) is 18.8 Å². The number of methoxy groups -OCH3 is 1. The van der Waals surface area contributed by atoms with Crippen molar-refractivity contribution in [2.75, 3.05) is 19.0 Å². The lowest BCUT2D eigenvalue weighted by atomic mass is 10.0. The number of hydrogen-bond donors (Lipinski definition) is 2. The van der Waals surface area contributed by atoms with E-state index in [0.717, 1.165) is 22.9 Å². The number of anilines is 1. The van der Waals surface area contributed by atoms with E-state index < -0.39 is 11.9 Å². The molecule has 0 aliphatic carbocycles. The van der Waals surface area contributed by atoms with Gasteiger partial charge < -0.3 is 15.2 Å². The number of carbonyl (C=O) groups is 1. The monoisotopic (exact) mass is 288 g/mol. The standard InChI is InChI=1S/C16H20N2O3/c1-3-4-12(16(19)20)10-18-15-14-9-13(21-2)6-5-11(14)7-8-17-15/h5-9,12H,3-4,10H2,1-2H3,(H,17,18)(H,19,20). The fraction of sp³-hybridized carbons (Fsp3) is 0.375. The second-order valence-electron chi connectivity index (χ2n) is 4.95. The van der Waals surface area contributed by atoms with Crippen molar-refractivity contribution in [2.45, 2.75) is 19.8 Å². The molecular weight excluding hydrogens is 268 g/mol. The molecule has 0 saturated heterocycles. The maximum absolute atomic E-state index is 11.2. The lowest BCUT2D eigenvalue weighted by Crippen LogP contribution is -2.23. The topological polar surface area (TPSA) is 71.5 Å². The maximum Gasteiger partial charge on any atom is 0.308 e. The smallest absolute Gasteiger partial charge is 0.308 e. The van der Waals surface area contributed by atoms with Crippen LogP contribution in [-0.2, 0) is 4.79 Å². The van der Waals surface area contributed by atoms with Crippen LogP contribution in [0.25, 0.3) is 10.8 Å². The van der Waals surface area contributed by atoms with E-state index in [4.69, 9.17) is 4.74 Å². The van der Waals surface area contributed by atoms with Gasteiger partial charge in [-0.25, -0.2) is 4.98 Å². The molecule has 1 heterocycles. The Morgan fingerprint density at radius 2 is 2.24 bits per heavy atom. The second kappa shape index (κ2) is 6.92. The van der Waals surface area contributed by atoms with E-state index in [9.17, 15) is 9.90 Å². The third-order valence-electron chi connectivity index (χ3n) is 3.48. The van der Waals surface area contributed by atoms with Crippen LogP contribution >= 0.6 is 0 Å². The van der Waals surface area contributed by atoms with Crippen LogP contribution in [0, 0.1) is 5.92 Å². The molecule has 5 heteroatoms. The maximum atomic E-state index is 11.2. The van der Waals surface area contributed by atoms with Gasteiger partial charge in [-0.15, -0.1) is 0 Å². The molecule has 0 aliphatic rings. The third-order valence-corrected chi connectivity index (χ3v) is 3.48. The number of fused-ring (bicyclic) bond motifs is 1. The number of nitrogens with one attached hydrogen (secondary N) is 1. The number of rotatable bonds is 7. The highest BCUT2D eigenvalue weighted by Gasteiger charge is 2.16. The second-order valence-corrected chi connectivity index (χ2v) is 4.95. The Hall–Kier alpha value is -2.30. The van der Waals surface area contributed by atoms with Gasteiger partial charge in [-0.05, 0) is 30.0 Å². The molecule has 2 rings (SSSR count). The van der Waals surface area contributed by atoms with E-state index >= 15 is 0 Å². The van der Waals surface area contributed by atoms with Crippen LogP contribution in [0.3, 0.4) is 0 Å². The predicted molar refractivity (Wildman–Crippen MR) is 82.8 cm³/mol. The van der Waals surface area contributed by atoms with Crippen LogP contribution in [0.15, 0.2) is 30.5 Å². The summed E-state index contributed by atoms with van der Waals surface area (Å²) in [4.78, 5) is 15.5. The molecular formula is C16H20N2O3. The first-order valence-corrected chi connectivity index (χ1v) is 7.05. The Balaban J connectivity index is 2.23. The van der Waals surface area contributed by atoms with Crippen LogP contribution in [0.4, 0.5) is 5.82 Å². The highest BCUT2D eigenvalue weighted by atomic mass is 16.5. The van der Waals surface area contributed by atoms with Crippen LogP contribution in [0.1, 0.15) is 19.8 Å². The summed E-state index contributed by atoms with van der Waals surface area (Å²) in [6, 6.07) is 7.67. The van der Waals surface area contributed by atoms with E-state index in [1.54, 1.807) is 13.3 Å². The summed E-state index contributed by atoms with van der Waals surface area (Å²) in [6.07, 6.45) is 3.21. The van der Waals surface area contributed by atoms with Gasteiger partial charge in [-0.1, -0.05) is 19.4 Å². The van der Waals surface area contributed by atoms with Crippen molar-refractivity contribution in [3.8, 4) is 5.75 Å². The Bertz CT molecular complexity index is 628. The fourth-order valence-corrected chi connectivity index (χ4v) is 2.30. The van der Waals surface area contributed by atoms with Crippen LogP contribution in [0.5, 0.6) is 5.75 Å². The van der Waals surface area contributed by atoms with Crippen molar-refractivity contribution in [3.05, 3.63) is 30.5 Å². The van der Waals surface area contributed by atoms with Gasteiger partial charge in [0.25, 0.3) is 0 Å². The molecule has 5 nitrogen and oxygen atoms in total. The molecule has 2 aromatic rings. The van der Waals surface area contributed by atoms with Crippen LogP contribution < -0.4 is 10.1 Å². The van der Waals surface area contributed by atoms with Gasteiger partial charge in [-0.3, -0.25) is 4.79 Å². The molecule has 0 radical (unpaired) electrons. The van der Waals surface area contributed by atoms with Gasteiger partial charge in [-0.2, -0.15) is 0 Å². The number of aromatic nitrogens is 1. The number of carboxylic acids is 1. The molecule has 112 valence electrons. The summed E-state index contributed by atoms with van der Waals surface area (Å²) in [5.41, 5.74) is 0. The van der Waals surface area contributed by atoms with Crippen molar-refractivity contribution in [1.82, 2.24) is 4.98 Å². The largest absolute Gasteiger partial charge is 0.497 e. The minimum atomic E-state index is -0.776. The summed E-state index contributed by atoms with van der Waals surface area (Å²) in [7, 11) is 1.62. The van der Waals surface area contributed by atoms with Crippen molar-refractivity contribution < 1.29 is 14.6 Å². The summed E-state index contributed by atoms with van der Waals surface area (Å²) >= 11 is 0. The highest BCUT2D eigenvalue weighted by molar-refractivity contribution is 5.92. The number of benzene rings is 1. The first-order valence-electron chi connectivity index (χ1n) is 7.05. The van der Waals surface area contributed by atoms with Gasteiger partial charge in [0.2, 0.25) is 0 Å². The minimum Gasteiger partial charge on any atom is -0.497 e. The summed E-state index contributed by atoms with van der Waals surface area (Å²) in [5.74, 6) is 0.260. The van der Waals surface area contributed by atoms with Crippen LogP contribution in [-0.4, -0.2) is 29.7 Å². The van der Waals surface area contributed by atoms with Gasteiger partial charge in [0.15, 0.2) is 0 Å².